The van der Waals surface area contributed by atoms with Crippen molar-refractivity contribution in [2.75, 3.05) is 0 Å². The fraction of sp³-hybridized carbons (Fsp3) is 0.0556. The van der Waals surface area contributed by atoms with Crippen LogP contribution in [0.4, 0.5) is 5.69 Å². The highest BCUT2D eigenvalue weighted by atomic mass is 32.2. The molecule has 4 rings (SSSR count). The maximum atomic E-state index is 12.0. The molecule has 4 aromatic rings. The van der Waals surface area contributed by atoms with E-state index in [-0.39, 0.29) is 10.8 Å². The highest BCUT2D eigenvalue weighted by Gasteiger charge is 2.14. The molecule has 1 unspecified atom stereocenters. The maximum Gasteiger partial charge on any atom is 0.252 e. The molecule has 28 heavy (non-hydrogen) atoms. The Kier molecular flexibility index (Phi) is 4.46. The average molecular weight is 414 g/mol. The molecule has 0 bridgehead atoms. The molecule has 0 radical (unpaired) electrons. The number of rotatable bonds is 3. The van der Waals surface area contributed by atoms with Crippen molar-refractivity contribution < 1.29 is 18.7 Å². The molecule has 0 saturated carbocycles. The molecule has 2 heterocycles. The van der Waals surface area contributed by atoms with Crippen molar-refractivity contribution in [2.24, 2.45) is 9.36 Å². The number of nitrogens with one attached hydrogen (secondary N) is 1. The molecule has 0 fully saturated rings. The predicted octanol–water partition coefficient (Wildman–Crippen LogP) is 4.08. The topological polar surface area (TPSA) is 128 Å². The Morgan fingerprint density at radius 2 is 2.00 bits per heavy atom. The van der Waals surface area contributed by atoms with Gasteiger partial charge in [-0.2, -0.15) is 0 Å². The number of aromatic hydroxyl groups is 1. The Labute approximate surface area is 163 Å². The summed E-state index contributed by atoms with van der Waals surface area (Å²) >= 11 is 1.47. The van der Waals surface area contributed by atoms with Gasteiger partial charge in [0.2, 0.25) is 0 Å². The van der Waals surface area contributed by atoms with E-state index in [0.29, 0.717) is 11.3 Å². The van der Waals surface area contributed by atoms with Crippen molar-refractivity contribution in [1.82, 2.24) is 9.97 Å². The molecule has 0 aliphatic carbocycles. The highest BCUT2D eigenvalue weighted by molar-refractivity contribution is 7.88. The number of aromatic nitrogens is 2. The number of aromatic amines is 1. The van der Waals surface area contributed by atoms with Crippen LogP contribution in [0.3, 0.4) is 0 Å². The van der Waals surface area contributed by atoms with Crippen LogP contribution in [-0.2, 0) is 14.8 Å². The second kappa shape index (κ2) is 6.82. The Balaban J connectivity index is 1.72. The molecule has 0 aliphatic heterocycles. The molecule has 10 heteroatoms. The predicted molar refractivity (Wildman–Crippen MR) is 109 cm³/mol. The lowest BCUT2D eigenvalue weighted by Crippen LogP contribution is -2.01. The molecule has 1 amide bonds. The molecule has 0 aliphatic rings. The van der Waals surface area contributed by atoms with Crippen molar-refractivity contribution in [2.45, 2.75) is 11.8 Å². The van der Waals surface area contributed by atoms with Crippen molar-refractivity contribution in [1.29, 1.82) is 0 Å². The molecule has 8 nitrogen and oxygen atoms in total. The summed E-state index contributed by atoms with van der Waals surface area (Å²) in [5.74, 6) is -0.728. The van der Waals surface area contributed by atoms with Crippen LogP contribution in [0.25, 0.3) is 21.1 Å². The van der Waals surface area contributed by atoms with Gasteiger partial charge in [0.05, 0.1) is 37.4 Å². The second-order valence-corrected chi connectivity index (χ2v) is 8.44. The number of fused-ring (bicyclic) bond motifs is 3. The van der Waals surface area contributed by atoms with Gasteiger partial charge in [0, 0.05) is 18.5 Å². The number of nitrogens with zero attached hydrogens (tertiary/aromatic N) is 3. The summed E-state index contributed by atoms with van der Waals surface area (Å²) in [7, 11) is -3.76. The van der Waals surface area contributed by atoms with Crippen molar-refractivity contribution >= 4 is 60.3 Å². The van der Waals surface area contributed by atoms with Gasteiger partial charge in [-0.05, 0) is 36.4 Å². The van der Waals surface area contributed by atoms with E-state index < -0.39 is 15.9 Å². The number of carbonyl (C=O) groups excluding carboxylic acids is 1. The first kappa shape index (κ1) is 18.3. The maximum absolute atomic E-state index is 12.0. The summed E-state index contributed by atoms with van der Waals surface area (Å²) in [4.78, 5) is 22.6. The van der Waals surface area contributed by atoms with Gasteiger partial charge in [-0.25, -0.2) is 9.19 Å². The van der Waals surface area contributed by atoms with E-state index in [0.717, 1.165) is 28.0 Å². The number of H-pyrrole nitrogens is 1. The Bertz CT molecular complexity index is 1360. The number of hydrogen-bond donors (Lipinski definition) is 3. The standard InChI is InChI=1S/C18H14N4O4S2/c1-10(23)22-28(25,26)12-4-2-11(3-5-12)19-8-13-16-14(21-18(13)24)6-7-15-17(16)27-9-20-15/h2-9,21,24H,1H3,(H,22,23,25,26). The van der Waals surface area contributed by atoms with Gasteiger partial charge in [0.15, 0.2) is 15.9 Å². The SMILES string of the molecule is CC(=O)N=S(=O)(O)c1ccc(N=Cc2c(O)[nH]c3ccc4ncsc4c23)cc1. The quantitative estimate of drug-likeness (QED) is 0.435. The second-order valence-electron chi connectivity index (χ2n) is 5.94. The van der Waals surface area contributed by atoms with Gasteiger partial charge in [-0.15, -0.1) is 15.7 Å². The number of benzene rings is 2. The van der Waals surface area contributed by atoms with E-state index in [4.69, 9.17) is 0 Å². The van der Waals surface area contributed by atoms with Gasteiger partial charge in [-0.3, -0.25) is 14.3 Å². The number of aliphatic imine (C=N–C) groups is 1. The normalized spacial score (nSPS) is 13.9. The minimum absolute atomic E-state index is 0.00472. The van der Waals surface area contributed by atoms with Gasteiger partial charge in [-0.1, -0.05) is 0 Å². The van der Waals surface area contributed by atoms with E-state index in [2.05, 4.69) is 19.3 Å². The van der Waals surface area contributed by atoms with Crippen LogP contribution in [0.5, 0.6) is 5.88 Å². The van der Waals surface area contributed by atoms with E-state index >= 15 is 0 Å². The largest absolute Gasteiger partial charge is 0.494 e. The number of thiazole rings is 1. The monoisotopic (exact) mass is 414 g/mol. The molecule has 142 valence electrons. The zero-order valence-corrected chi connectivity index (χ0v) is 16.1. The zero-order chi connectivity index (χ0) is 19.9. The molecule has 2 aromatic carbocycles. The molecule has 0 spiro atoms. The van der Waals surface area contributed by atoms with Crippen molar-refractivity contribution in [3.05, 3.63) is 47.5 Å². The Morgan fingerprint density at radius 3 is 2.71 bits per heavy atom. The van der Waals surface area contributed by atoms with E-state index in [1.807, 2.05) is 12.1 Å². The lowest BCUT2D eigenvalue weighted by Gasteiger charge is -2.02. The first-order chi connectivity index (χ1) is 13.3. The molecular weight excluding hydrogens is 400 g/mol. The third kappa shape index (κ3) is 3.28. The van der Waals surface area contributed by atoms with E-state index in [9.17, 15) is 18.7 Å². The van der Waals surface area contributed by atoms with Gasteiger partial charge >= 0.3 is 0 Å². The van der Waals surface area contributed by atoms with Crippen LogP contribution in [0.1, 0.15) is 12.5 Å². The van der Waals surface area contributed by atoms with Crippen LogP contribution in [0.2, 0.25) is 0 Å². The lowest BCUT2D eigenvalue weighted by molar-refractivity contribution is -0.115. The van der Waals surface area contributed by atoms with Crippen LogP contribution < -0.4 is 0 Å². The fourth-order valence-electron chi connectivity index (χ4n) is 2.81. The minimum Gasteiger partial charge on any atom is -0.494 e. The summed E-state index contributed by atoms with van der Waals surface area (Å²) in [5.41, 5.74) is 4.39. The van der Waals surface area contributed by atoms with Crippen LogP contribution in [-0.4, -0.2) is 36.0 Å². The lowest BCUT2D eigenvalue weighted by atomic mass is 10.1. The van der Waals surface area contributed by atoms with Crippen molar-refractivity contribution in [3.8, 4) is 5.88 Å². The average Bonchev–Trinajstić information content (AvgIpc) is 3.22. The third-order valence-electron chi connectivity index (χ3n) is 4.02. The van der Waals surface area contributed by atoms with Crippen LogP contribution >= 0.6 is 11.3 Å². The number of carbonyl (C=O) groups is 1. The third-order valence-corrected chi connectivity index (χ3v) is 6.27. The minimum atomic E-state index is -3.76. The first-order valence-corrected chi connectivity index (χ1v) is 10.4. The smallest absolute Gasteiger partial charge is 0.252 e. The highest BCUT2D eigenvalue weighted by Crippen LogP contribution is 2.34. The summed E-state index contributed by atoms with van der Waals surface area (Å²) in [6, 6.07) is 9.56. The van der Waals surface area contributed by atoms with E-state index in [1.54, 1.807) is 5.51 Å². The van der Waals surface area contributed by atoms with Crippen LogP contribution in [0.15, 0.2) is 56.2 Å². The Hall–Kier alpha value is -3.08. The fourth-order valence-corrected chi connectivity index (χ4v) is 4.61. The molecule has 0 saturated heterocycles. The number of amides is 1. The van der Waals surface area contributed by atoms with Crippen molar-refractivity contribution in [3.63, 3.8) is 0 Å². The summed E-state index contributed by atoms with van der Waals surface area (Å²) in [6.07, 6.45) is 1.53. The molecule has 1 atom stereocenters. The molecule has 2 aromatic heterocycles. The summed E-state index contributed by atoms with van der Waals surface area (Å²) in [5, 5.41) is 11.1. The van der Waals surface area contributed by atoms with Gasteiger partial charge in [0.1, 0.15) is 0 Å². The molecule has 3 N–H and O–H groups in total. The van der Waals surface area contributed by atoms with E-state index in [1.165, 1.54) is 41.8 Å². The molecular formula is C18H14N4O4S2. The summed E-state index contributed by atoms with van der Waals surface area (Å²) in [6.45, 7) is 1.11. The first-order valence-electron chi connectivity index (χ1n) is 8.06. The zero-order valence-electron chi connectivity index (χ0n) is 14.5. The summed E-state index contributed by atoms with van der Waals surface area (Å²) < 4.78 is 26.0. The number of hydrogen-bond acceptors (Lipinski definition) is 6. The van der Waals surface area contributed by atoms with Crippen LogP contribution in [0, 0.1) is 0 Å². The van der Waals surface area contributed by atoms with Gasteiger partial charge < -0.3 is 10.1 Å². The van der Waals surface area contributed by atoms with Gasteiger partial charge in [0.25, 0.3) is 5.91 Å². The Morgan fingerprint density at radius 1 is 1.25 bits per heavy atom.